The molecule has 2 aliphatic heterocycles. The fraction of sp³-hybridized carbons (Fsp3) is 0.350. The lowest BCUT2D eigenvalue weighted by molar-refractivity contribution is -0.124. The molecule has 2 aromatic rings. The zero-order valence-corrected chi connectivity index (χ0v) is 15.7. The average molecular weight is 371 g/mol. The maximum Gasteiger partial charge on any atom is 0.268 e. The van der Waals surface area contributed by atoms with Gasteiger partial charge in [0.25, 0.3) is 5.91 Å². The highest BCUT2D eigenvalue weighted by molar-refractivity contribution is 7.90. The van der Waals surface area contributed by atoms with Crippen molar-refractivity contribution < 1.29 is 17.9 Å². The molecule has 0 aliphatic carbocycles. The van der Waals surface area contributed by atoms with E-state index in [4.69, 9.17) is 4.74 Å². The van der Waals surface area contributed by atoms with Crippen LogP contribution in [0.1, 0.15) is 23.1 Å². The number of anilines is 1. The third-order valence-corrected chi connectivity index (χ3v) is 6.21. The first-order valence-corrected chi connectivity index (χ1v) is 10.6. The van der Waals surface area contributed by atoms with Crippen molar-refractivity contribution in [2.75, 3.05) is 17.7 Å². The van der Waals surface area contributed by atoms with Crippen molar-refractivity contribution >= 4 is 21.4 Å². The van der Waals surface area contributed by atoms with Crippen LogP contribution < -0.4 is 9.64 Å². The van der Waals surface area contributed by atoms with Gasteiger partial charge in [-0.05, 0) is 54.7 Å². The summed E-state index contributed by atoms with van der Waals surface area (Å²) in [6.07, 6.45) is 2.83. The van der Waals surface area contributed by atoms with Crippen molar-refractivity contribution in [3.05, 3.63) is 53.1 Å². The Hall–Kier alpha value is -2.34. The van der Waals surface area contributed by atoms with Crippen LogP contribution in [0, 0.1) is 6.92 Å². The van der Waals surface area contributed by atoms with E-state index in [-0.39, 0.29) is 5.91 Å². The fourth-order valence-electron chi connectivity index (χ4n) is 3.77. The Morgan fingerprint density at radius 3 is 2.73 bits per heavy atom. The molecule has 6 heteroatoms. The Balaban J connectivity index is 1.63. The minimum Gasteiger partial charge on any atom is -0.480 e. The van der Waals surface area contributed by atoms with Crippen LogP contribution in [0.4, 0.5) is 5.69 Å². The number of carbonyl (C=O) groups is 1. The van der Waals surface area contributed by atoms with E-state index in [0.717, 1.165) is 41.0 Å². The van der Waals surface area contributed by atoms with Gasteiger partial charge in [-0.25, -0.2) is 8.42 Å². The highest BCUT2D eigenvalue weighted by atomic mass is 32.2. The molecular weight excluding hydrogens is 350 g/mol. The largest absolute Gasteiger partial charge is 0.480 e. The van der Waals surface area contributed by atoms with Crippen molar-refractivity contribution in [3.8, 4) is 5.75 Å². The zero-order valence-electron chi connectivity index (χ0n) is 14.9. The number of aryl methyl sites for hydroxylation is 2. The first-order chi connectivity index (χ1) is 12.3. The molecule has 1 amide bonds. The highest BCUT2D eigenvalue weighted by Crippen LogP contribution is 2.35. The van der Waals surface area contributed by atoms with E-state index in [2.05, 4.69) is 0 Å². The molecule has 0 fully saturated rings. The maximum absolute atomic E-state index is 13.1. The molecule has 2 aliphatic rings. The summed E-state index contributed by atoms with van der Waals surface area (Å²) in [5.41, 5.74) is 3.80. The lowest BCUT2D eigenvalue weighted by atomic mass is 10.0. The van der Waals surface area contributed by atoms with Crippen LogP contribution >= 0.6 is 0 Å². The van der Waals surface area contributed by atoms with Crippen molar-refractivity contribution in [1.82, 2.24) is 0 Å². The summed E-state index contributed by atoms with van der Waals surface area (Å²) < 4.78 is 29.6. The molecule has 0 N–H and O–H groups in total. The second-order valence-electron chi connectivity index (χ2n) is 7.03. The summed E-state index contributed by atoms with van der Waals surface area (Å²) in [5, 5.41) is 0. The van der Waals surface area contributed by atoms with Gasteiger partial charge < -0.3 is 9.64 Å². The van der Waals surface area contributed by atoms with Crippen LogP contribution in [0.3, 0.4) is 0 Å². The van der Waals surface area contributed by atoms with E-state index in [0.29, 0.717) is 17.9 Å². The quantitative estimate of drug-likeness (QED) is 0.814. The number of sulfone groups is 1. The molecule has 0 bridgehead atoms. The van der Waals surface area contributed by atoms with E-state index in [1.807, 2.05) is 25.1 Å². The molecule has 0 saturated carbocycles. The topological polar surface area (TPSA) is 63.7 Å². The van der Waals surface area contributed by atoms with Crippen molar-refractivity contribution in [1.29, 1.82) is 0 Å². The number of amides is 1. The number of benzene rings is 2. The summed E-state index contributed by atoms with van der Waals surface area (Å²) >= 11 is 0. The van der Waals surface area contributed by atoms with Crippen LogP contribution in [-0.4, -0.2) is 33.2 Å². The Morgan fingerprint density at radius 1 is 1.19 bits per heavy atom. The number of carbonyl (C=O) groups excluding carboxylic acids is 1. The van der Waals surface area contributed by atoms with Gasteiger partial charge in [0.15, 0.2) is 15.9 Å². The molecule has 1 unspecified atom stereocenters. The van der Waals surface area contributed by atoms with E-state index in [1.54, 1.807) is 23.1 Å². The van der Waals surface area contributed by atoms with Gasteiger partial charge in [-0.1, -0.05) is 18.2 Å². The molecule has 5 nitrogen and oxygen atoms in total. The third-order valence-electron chi connectivity index (χ3n) is 5.10. The predicted octanol–water partition coefficient (Wildman–Crippen LogP) is 2.68. The first kappa shape index (κ1) is 17.1. The maximum atomic E-state index is 13.1. The molecular formula is C20H21NO4S. The van der Waals surface area contributed by atoms with E-state index in [1.165, 1.54) is 6.26 Å². The molecule has 0 radical (unpaired) electrons. The molecule has 1 atom stereocenters. The van der Waals surface area contributed by atoms with E-state index >= 15 is 0 Å². The van der Waals surface area contributed by atoms with E-state index in [9.17, 15) is 13.2 Å². The van der Waals surface area contributed by atoms with Crippen LogP contribution in [0.25, 0.3) is 0 Å². The summed E-state index contributed by atoms with van der Waals surface area (Å²) in [4.78, 5) is 15.2. The number of nitrogens with zero attached hydrogens (tertiary/aromatic N) is 1. The van der Waals surface area contributed by atoms with Crippen LogP contribution in [0.2, 0.25) is 0 Å². The number of fused-ring (bicyclic) bond motifs is 2. The summed E-state index contributed by atoms with van der Waals surface area (Å²) in [6, 6.07) is 11.0. The van der Waals surface area contributed by atoms with Gasteiger partial charge in [0, 0.05) is 24.9 Å². The minimum absolute atomic E-state index is 0.0614. The summed E-state index contributed by atoms with van der Waals surface area (Å²) in [5.74, 6) is 0.754. The number of hydrogen-bond donors (Lipinski definition) is 0. The van der Waals surface area contributed by atoms with Gasteiger partial charge >= 0.3 is 0 Å². The third kappa shape index (κ3) is 2.88. The zero-order chi connectivity index (χ0) is 18.5. The van der Waals surface area contributed by atoms with Crippen molar-refractivity contribution in [3.63, 3.8) is 0 Å². The van der Waals surface area contributed by atoms with Crippen LogP contribution in [-0.2, 0) is 27.5 Å². The Kier molecular flexibility index (Phi) is 4.03. The monoisotopic (exact) mass is 371 g/mol. The predicted molar refractivity (Wildman–Crippen MR) is 99.5 cm³/mol. The average Bonchev–Trinajstić information content (AvgIpc) is 3.05. The Morgan fingerprint density at radius 2 is 2.00 bits per heavy atom. The van der Waals surface area contributed by atoms with Gasteiger partial charge in [-0.15, -0.1) is 0 Å². The molecule has 4 rings (SSSR count). The molecule has 2 heterocycles. The highest BCUT2D eigenvalue weighted by Gasteiger charge is 2.35. The van der Waals surface area contributed by atoms with Crippen molar-refractivity contribution in [2.24, 2.45) is 0 Å². The molecule has 0 aromatic heterocycles. The molecule has 2 aromatic carbocycles. The number of ether oxygens (including phenoxy) is 1. The molecule has 26 heavy (non-hydrogen) atoms. The van der Waals surface area contributed by atoms with Gasteiger partial charge in [0.1, 0.15) is 5.75 Å². The Labute approximate surface area is 153 Å². The Bertz CT molecular complexity index is 997. The fourth-order valence-corrected chi connectivity index (χ4v) is 4.44. The van der Waals surface area contributed by atoms with Gasteiger partial charge in [0.05, 0.1) is 4.90 Å². The second-order valence-corrected chi connectivity index (χ2v) is 9.05. The number of rotatable bonds is 2. The van der Waals surface area contributed by atoms with Gasteiger partial charge in [0.2, 0.25) is 0 Å². The minimum atomic E-state index is -3.26. The van der Waals surface area contributed by atoms with E-state index < -0.39 is 15.9 Å². The normalized spacial score (nSPS) is 18.8. The standard InChI is InChI=1S/C20H21NO4S/c1-13-5-3-6-15-12-18(25-19(13)15)20(22)21-10-4-7-14-11-16(26(2,23)24)8-9-17(14)21/h3,5-6,8-9,11,18H,4,7,10,12H2,1-2H3. The lowest BCUT2D eigenvalue weighted by Crippen LogP contribution is -2.44. The summed E-state index contributed by atoms with van der Waals surface area (Å²) in [6.45, 7) is 2.61. The second kappa shape index (κ2) is 6.13. The number of para-hydroxylation sites is 1. The SMILES string of the molecule is Cc1cccc2c1OC(C(=O)N1CCCc3cc(S(C)(=O)=O)ccc31)C2. The first-order valence-electron chi connectivity index (χ1n) is 8.74. The molecule has 0 saturated heterocycles. The van der Waals surface area contributed by atoms with Crippen molar-refractivity contribution in [2.45, 2.75) is 37.2 Å². The molecule has 0 spiro atoms. The van der Waals surface area contributed by atoms with Crippen LogP contribution in [0.5, 0.6) is 5.75 Å². The smallest absolute Gasteiger partial charge is 0.268 e. The molecule has 136 valence electrons. The van der Waals surface area contributed by atoms with Crippen LogP contribution in [0.15, 0.2) is 41.3 Å². The number of hydrogen-bond acceptors (Lipinski definition) is 4. The van der Waals surface area contributed by atoms with Gasteiger partial charge in [-0.2, -0.15) is 0 Å². The summed E-state index contributed by atoms with van der Waals surface area (Å²) in [7, 11) is -3.26. The lowest BCUT2D eigenvalue weighted by Gasteiger charge is -2.31. The van der Waals surface area contributed by atoms with Gasteiger partial charge in [-0.3, -0.25) is 4.79 Å².